The highest BCUT2D eigenvalue weighted by molar-refractivity contribution is 5.78. The van der Waals surface area contributed by atoms with E-state index in [1.807, 2.05) is 0 Å². The summed E-state index contributed by atoms with van der Waals surface area (Å²) in [5.74, 6) is 0.145. The predicted molar refractivity (Wildman–Crippen MR) is 100 cm³/mol. The molecule has 0 saturated carbocycles. The molecule has 0 aliphatic carbocycles. The van der Waals surface area contributed by atoms with Crippen LogP contribution in [0.3, 0.4) is 0 Å². The van der Waals surface area contributed by atoms with E-state index in [4.69, 9.17) is 0 Å². The summed E-state index contributed by atoms with van der Waals surface area (Å²) in [5.41, 5.74) is 2.82. The highest BCUT2D eigenvalue weighted by Gasteiger charge is 2.17. The zero-order valence-electron chi connectivity index (χ0n) is 15.8. The number of likely N-dealkylation sites (N-methyl/N-ethyl adjacent to an activating group) is 1. The molecule has 4 nitrogen and oxygen atoms in total. The SMILES string of the molecule is CCN1CCN(CC(=O)NCCc2ccc(C(C)(C)C)cc2)CC1. The molecule has 24 heavy (non-hydrogen) atoms. The maximum atomic E-state index is 12.1. The number of nitrogens with zero attached hydrogens (tertiary/aromatic N) is 2. The zero-order chi connectivity index (χ0) is 17.6. The molecule has 0 radical (unpaired) electrons. The molecule has 1 heterocycles. The van der Waals surface area contributed by atoms with E-state index < -0.39 is 0 Å². The third-order valence-corrected chi connectivity index (χ3v) is 4.84. The fourth-order valence-electron chi connectivity index (χ4n) is 3.04. The summed E-state index contributed by atoms with van der Waals surface area (Å²) >= 11 is 0. The van der Waals surface area contributed by atoms with Gasteiger partial charge < -0.3 is 10.2 Å². The van der Waals surface area contributed by atoms with Gasteiger partial charge in [0, 0.05) is 32.7 Å². The number of rotatable bonds is 6. The zero-order valence-corrected chi connectivity index (χ0v) is 15.8. The van der Waals surface area contributed by atoms with Gasteiger partial charge in [0.2, 0.25) is 5.91 Å². The molecule has 1 fully saturated rings. The Hall–Kier alpha value is -1.39. The molecule has 1 aromatic rings. The summed E-state index contributed by atoms with van der Waals surface area (Å²) in [6.45, 7) is 15.3. The summed E-state index contributed by atoms with van der Waals surface area (Å²) in [6, 6.07) is 8.75. The Morgan fingerprint density at radius 2 is 1.62 bits per heavy atom. The van der Waals surface area contributed by atoms with Crippen LogP contribution in [0.2, 0.25) is 0 Å². The minimum atomic E-state index is 0.145. The van der Waals surface area contributed by atoms with Gasteiger partial charge in [0.05, 0.1) is 6.54 Å². The van der Waals surface area contributed by atoms with E-state index in [0.29, 0.717) is 13.1 Å². The van der Waals surface area contributed by atoms with Crippen molar-refractivity contribution >= 4 is 5.91 Å². The van der Waals surface area contributed by atoms with Gasteiger partial charge in [0.25, 0.3) is 0 Å². The number of carbonyl (C=O) groups is 1. The van der Waals surface area contributed by atoms with Crippen molar-refractivity contribution in [2.24, 2.45) is 0 Å². The molecule has 134 valence electrons. The van der Waals surface area contributed by atoms with Gasteiger partial charge in [-0.25, -0.2) is 0 Å². The van der Waals surface area contributed by atoms with Crippen molar-refractivity contribution in [2.75, 3.05) is 45.8 Å². The molecule has 1 N–H and O–H groups in total. The highest BCUT2D eigenvalue weighted by atomic mass is 16.2. The van der Waals surface area contributed by atoms with E-state index in [0.717, 1.165) is 39.1 Å². The molecule has 1 aromatic carbocycles. The Kier molecular flexibility index (Phi) is 6.81. The van der Waals surface area contributed by atoms with Crippen LogP contribution in [0.4, 0.5) is 0 Å². The molecule has 4 heteroatoms. The molecular formula is C20H33N3O. The molecule has 0 spiro atoms. The van der Waals surface area contributed by atoms with E-state index in [9.17, 15) is 4.79 Å². The van der Waals surface area contributed by atoms with Crippen LogP contribution in [-0.4, -0.2) is 61.5 Å². The van der Waals surface area contributed by atoms with Gasteiger partial charge in [-0.15, -0.1) is 0 Å². The molecule has 1 amide bonds. The Morgan fingerprint density at radius 3 is 2.17 bits per heavy atom. The molecular weight excluding hydrogens is 298 g/mol. The smallest absolute Gasteiger partial charge is 0.234 e. The molecule has 1 aliphatic rings. The van der Waals surface area contributed by atoms with Crippen molar-refractivity contribution in [2.45, 2.75) is 39.5 Å². The first kappa shape index (κ1) is 18.9. The quantitative estimate of drug-likeness (QED) is 0.869. The molecule has 1 aliphatic heterocycles. The largest absolute Gasteiger partial charge is 0.355 e. The number of hydrogen-bond donors (Lipinski definition) is 1. The second kappa shape index (κ2) is 8.63. The number of nitrogens with one attached hydrogen (secondary N) is 1. The average molecular weight is 332 g/mol. The fraction of sp³-hybridized carbons (Fsp3) is 0.650. The van der Waals surface area contributed by atoms with Gasteiger partial charge in [-0.1, -0.05) is 52.0 Å². The van der Waals surface area contributed by atoms with Gasteiger partial charge >= 0.3 is 0 Å². The lowest BCUT2D eigenvalue weighted by Gasteiger charge is -2.33. The van der Waals surface area contributed by atoms with Crippen LogP contribution in [0.1, 0.15) is 38.8 Å². The van der Waals surface area contributed by atoms with Crippen molar-refractivity contribution < 1.29 is 4.79 Å². The predicted octanol–water partition coefficient (Wildman–Crippen LogP) is 2.28. The first-order chi connectivity index (χ1) is 11.4. The van der Waals surface area contributed by atoms with E-state index in [1.165, 1.54) is 11.1 Å². The maximum absolute atomic E-state index is 12.1. The maximum Gasteiger partial charge on any atom is 0.234 e. The summed E-state index contributed by atoms with van der Waals surface area (Å²) in [6.07, 6.45) is 0.889. The second-order valence-electron chi connectivity index (χ2n) is 7.76. The van der Waals surface area contributed by atoms with E-state index in [-0.39, 0.29) is 11.3 Å². The van der Waals surface area contributed by atoms with Crippen LogP contribution in [0.15, 0.2) is 24.3 Å². The van der Waals surface area contributed by atoms with Crippen LogP contribution in [0.5, 0.6) is 0 Å². The minimum absolute atomic E-state index is 0.145. The van der Waals surface area contributed by atoms with E-state index in [1.54, 1.807) is 0 Å². The molecule has 0 atom stereocenters. The number of benzene rings is 1. The van der Waals surface area contributed by atoms with E-state index in [2.05, 4.69) is 67.1 Å². The summed E-state index contributed by atoms with van der Waals surface area (Å²) < 4.78 is 0. The summed E-state index contributed by atoms with van der Waals surface area (Å²) in [7, 11) is 0. The van der Waals surface area contributed by atoms with Crippen molar-refractivity contribution in [1.29, 1.82) is 0 Å². The second-order valence-corrected chi connectivity index (χ2v) is 7.76. The average Bonchev–Trinajstić information content (AvgIpc) is 2.55. The van der Waals surface area contributed by atoms with Crippen molar-refractivity contribution in [3.05, 3.63) is 35.4 Å². The molecule has 0 aromatic heterocycles. The van der Waals surface area contributed by atoms with Crippen LogP contribution < -0.4 is 5.32 Å². The summed E-state index contributed by atoms with van der Waals surface area (Å²) in [5, 5.41) is 3.05. The van der Waals surface area contributed by atoms with Crippen LogP contribution >= 0.6 is 0 Å². The van der Waals surface area contributed by atoms with Gasteiger partial charge in [-0.05, 0) is 29.5 Å². The number of piperazine rings is 1. The number of amides is 1. The Labute approximate surface area is 147 Å². The lowest BCUT2D eigenvalue weighted by molar-refractivity contribution is -0.122. The van der Waals surface area contributed by atoms with Crippen LogP contribution in [-0.2, 0) is 16.6 Å². The number of carbonyl (C=O) groups excluding carboxylic acids is 1. The highest BCUT2D eigenvalue weighted by Crippen LogP contribution is 2.22. The van der Waals surface area contributed by atoms with Crippen molar-refractivity contribution in [3.8, 4) is 0 Å². The first-order valence-corrected chi connectivity index (χ1v) is 9.19. The standard InChI is InChI=1S/C20H33N3O/c1-5-22-12-14-23(15-13-22)16-19(24)21-11-10-17-6-8-18(9-7-17)20(2,3)4/h6-9H,5,10-16H2,1-4H3,(H,21,24). The van der Waals surface area contributed by atoms with Crippen LogP contribution in [0, 0.1) is 0 Å². The minimum Gasteiger partial charge on any atom is -0.355 e. The normalized spacial score (nSPS) is 17.0. The monoisotopic (exact) mass is 331 g/mol. The molecule has 0 unspecified atom stereocenters. The van der Waals surface area contributed by atoms with Gasteiger partial charge in [0.15, 0.2) is 0 Å². The van der Waals surface area contributed by atoms with Crippen molar-refractivity contribution in [3.63, 3.8) is 0 Å². The summed E-state index contributed by atoms with van der Waals surface area (Å²) in [4.78, 5) is 16.7. The van der Waals surface area contributed by atoms with Gasteiger partial charge in [-0.2, -0.15) is 0 Å². The first-order valence-electron chi connectivity index (χ1n) is 9.19. The van der Waals surface area contributed by atoms with Gasteiger partial charge in [0.1, 0.15) is 0 Å². The van der Waals surface area contributed by atoms with E-state index >= 15 is 0 Å². The fourth-order valence-corrected chi connectivity index (χ4v) is 3.04. The molecule has 0 bridgehead atoms. The Balaban J connectivity index is 1.67. The third kappa shape index (κ3) is 5.91. The van der Waals surface area contributed by atoms with Crippen LogP contribution in [0.25, 0.3) is 0 Å². The molecule has 2 rings (SSSR count). The topological polar surface area (TPSA) is 35.6 Å². The Morgan fingerprint density at radius 1 is 1.04 bits per heavy atom. The Bertz CT molecular complexity index is 511. The number of hydrogen-bond acceptors (Lipinski definition) is 3. The van der Waals surface area contributed by atoms with Gasteiger partial charge in [-0.3, -0.25) is 9.69 Å². The third-order valence-electron chi connectivity index (χ3n) is 4.84. The lowest BCUT2D eigenvalue weighted by Crippen LogP contribution is -2.49. The lowest BCUT2D eigenvalue weighted by atomic mass is 9.86. The van der Waals surface area contributed by atoms with Crippen molar-refractivity contribution in [1.82, 2.24) is 15.1 Å². The molecule has 1 saturated heterocycles.